The van der Waals surface area contributed by atoms with E-state index in [4.69, 9.17) is 4.74 Å². The zero-order chi connectivity index (χ0) is 14.7. The molecule has 1 aliphatic carbocycles. The van der Waals surface area contributed by atoms with Crippen molar-refractivity contribution in [3.63, 3.8) is 0 Å². The molecule has 1 N–H and O–H groups in total. The first-order chi connectivity index (χ1) is 9.52. The molecule has 0 heterocycles. The highest BCUT2D eigenvalue weighted by Gasteiger charge is 2.21. The number of rotatable bonds is 4. The summed E-state index contributed by atoms with van der Waals surface area (Å²) in [5, 5.41) is 10.2. The van der Waals surface area contributed by atoms with Gasteiger partial charge in [0, 0.05) is 10.8 Å². The highest BCUT2D eigenvalue weighted by Crippen LogP contribution is 2.35. The molecule has 0 unspecified atom stereocenters. The largest absolute Gasteiger partial charge is 0.507 e. The molecule has 2 rings (SSSR count). The molecule has 0 aliphatic heterocycles. The van der Waals surface area contributed by atoms with Gasteiger partial charge in [-0.1, -0.05) is 24.3 Å². The molecule has 1 aliphatic rings. The predicted molar refractivity (Wildman–Crippen MR) is 81.5 cm³/mol. The number of thioether (sulfide) groups is 1. The first-order valence-electron chi connectivity index (χ1n) is 6.49. The number of ether oxygens (including phenoxy) is 1. The molecule has 1 aromatic rings. The van der Waals surface area contributed by atoms with Crippen LogP contribution in [0, 0.1) is 0 Å². The van der Waals surface area contributed by atoms with Gasteiger partial charge in [-0.05, 0) is 37.8 Å². The van der Waals surface area contributed by atoms with Crippen molar-refractivity contribution in [2.75, 3.05) is 6.26 Å². The van der Waals surface area contributed by atoms with Gasteiger partial charge in [-0.25, -0.2) is 4.79 Å². The third-order valence-corrected chi connectivity index (χ3v) is 3.77. The van der Waals surface area contributed by atoms with Crippen molar-refractivity contribution in [1.29, 1.82) is 0 Å². The molecule has 106 valence electrons. The number of carbonyl (C=O) groups is 1. The van der Waals surface area contributed by atoms with E-state index in [1.165, 1.54) is 11.8 Å². The summed E-state index contributed by atoms with van der Waals surface area (Å²) in [5.41, 5.74) is 1.22. The summed E-state index contributed by atoms with van der Waals surface area (Å²) in [6, 6.07) is 3.58. The number of carbonyl (C=O) groups excluding carboxylic acids is 1. The molecule has 0 amide bonds. The molecule has 0 saturated heterocycles. The lowest BCUT2D eigenvalue weighted by atomic mass is 9.98. The van der Waals surface area contributed by atoms with Gasteiger partial charge < -0.3 is 9.84 Å². The molecule has 0 aromatic heterocycles. The van der Waals surface area contributed by atoms with E-state index in [0.29, 0.717) is 0 Å². The van der Waals surface area contributed by atoms with E-state index >= 15 is 0 Å². The van der Waals surface area contributed by atoms with Crippen molar-refractivity contribution in [3.05, 3.63) is 47.6 Å². The Morgan fingerprint density at radius 1 is 1.30 bits per heavy atom. The number of phenols is 1. The Bertz CT molecular complexity index is 561. The van der Waals surface area contributed by atoms with E-state index in [9.17, 15) is 9.90 Å². The first-order valence-corrected chi connectivity index (χ1v) is 7.72. The molecule has 0 saturated carbocycles. The van der Waals surface area contributed by atoms with Crippen LogP contribution in [0.2, 0.25) is 0 Å². The second-order valence-electron chi connectivity index (χ2n) is 4.87. The molecule has 0 radical (unpaired) electrons. The summed E-state index contributed by atoms with van der Waals surface area (Å²) in [4.78, 5) is 12.8. The normalized spacial score (nSPS) is 14.2. The van der Waals surface area contributed by atoms with Gasteiger partial charge in [0.2, 0.25) is 0 Å². The average Bonchev–Trinajstić information content (AvgIpc) is 2.90. The Morgan fingerprint density at radius 3 is 2.50 bits per heavy atom. The fourth-order valence-corrected chi connectivity index (χ4v) is 2.75. The van der Waals surface area contributed by atoms with E-state index in [0.717, 1.165) is 10.5 Å². The Balaban J connectivity index is 2.40. The first kappa shape index (κ1) is 14.7. The molecule has 0 fully saturated rings. The highest BCUT2D eigenvalue weighted by atomic mass is 32.2. The van der Waals surface area contributed by atoms with Crippen molar-refractivity contribution < 1.29 is 14.6 Å². The topological polar surface area (TPSA) is 46.5 Å². The number of hydrogen-bond donors (Lipinski definition) is 1. The lowest BCUT2D eigenvalue weighted by molar-refractivity contribution is 0.0370. The minimum Gasteiger partial charge on any atom is -0.507 e. The van der Waals surface area contributed by atoms with E-state index in [1.54, 1.807) is 19.9 Å². The Kier molecular flexibility index (Phi) is 4.55. The van der Waals surface area contributed by atoms with Crippen LogP contribution in [0.1, 0.15) is 35.7 Å². The van der Waals surface area contributed by atoms with Crippen LogP contribution in [0.5, 0.6) is 5.75 Å². The number of benzene rings is 1. The van der Waals surface area contributed by atoms with Crippen LogP contribution >= 0.6 is 11.8 Å². The molecule has 4 heteroatoms. The zero-order valence-corrected chi connectivity index (χ0v) is 12.6. The molecule has 0 atom stereocenters. The lowest BCUT2D eigenvalue weighted by Crippen LogP contribution is -2.13. The van der Waals surface area contributed by atoms with Crippen LogP contribution in [-0.4, -0.2) is 23.4 Å². The van der Waals surface area contributed by atoms with E-state index in [1.807, 2.05) is 36.6 Å². The SMILES string of the molecule is CSc1cc(C2C=CC=C2)cc(O)c1C(=O)OC(C)C. The Labute approximate surface area is 123 Å². The minimum atomic E-state index is -0.481. The number of aromatic hydroxyl groups is 1. The smallest absolute Gasteiger partial charge is 0.343 e. The fraction of sp³-hybridized carbons (Fsp3) is 0.312. The molecular weight excluding hydrogens is 272 g/mol. The molecule has 20 heavy (non-hydrogen) atoms. The Hall–Kier alpha value is -1.68. The van der Waals surface area contributed by atoms with Gasteiger partial charge in [0.1, 0.15) is 11.3 Å². The van der Waals surface area contributed by atoms with Crippen LogP contribution in [-0.2, 0) is 4.74 Å². The van der Waals surface area contributed by atoms with Crippen LogP contribution in [0.4, 0.5) is 0 Å². The number of allylic oxidation sites excluding steroid dienone is 4. The van der Waals surface area contributed by atoms with Crippen molar-refractivity contribution in [1.82, 2.24) is 0 Å². The average molecular weight is 290 g/mol. The highest BCUT2D eigenvalue weighted by molar-refractivity contribution is 7.98. The molecule has 1 aromatic carbocycles. The standard InChI is InChI=1S/C16H18O3S/c1-10(2)19-16(18)15-13(17)8-12(9-14(15)20-3)11-6-4-5-7-11/h4-11,17H,1-3H3. The lowest BCUT2D eigenvalue weighted by Gasteiger charge is -2.15. The van der Waals surface area contributed by atoms with Gasteiger partial charge >= 0.3 is 5.97 Å². The van der Waals surface area contributed by atoms with Crippen LogP contribution in [0.25, 0.3) is 0 Å². The van der Waals surface area contributed by atoms with Crippen molar-refractivity contribution in [2.24, 2.45) is 0 Å². The molecule has 0 spiro atoms. The molecular formula is C16H18O3S. The van der Waals surface area contributed by atoms with Crippen molar-refractivity contribution in [3.8, 4) is 5.75 Å². The Morgan fingerprint density at radius 2 is 1.95 bits per heavy atom. The summed E-state index contributed by atoms with van der Waals surface area (Å²) in [5.74, 6) is -0.348. The van der Waals surface area contributed by atoms with Gasteiger partial charge in [-0.2, -0.15) is 0 Å². The van der Waals surface area contributed by atoms with Gasteiger partial charge in [0.25, 0.3) is 0 Å². The number of phenolic OH excluding ortho intramolecular Hbond substituents is 1. The molecule has 0 bridgehead atoms. The van der Waals surface area contributed by atoms with E-state index in [-0.39, 0.29) is 23.3 Å². The third kappa shape index (κ3) is 3.07. The quantitative estimate of drug-likeness (QED) is 0.675. The minimum absolute atomic E-state index is 0.0220. The maximum absolute atomic E-state index is 12.1. The summed E-state index contributed by atoms with van der Waals surface area (Å²) in [7, 11) is 0. The zero-order valence-electron chi connectivity index (χ0n) is 11.8. The van der Waals surface area contributed by atoms with Crippen LogP contribution in [0.3, 0.4) is 0 Å². The maximum atomic E-state index is 12.1. The van der Waals surface area contributed by atoms with Gasteiger partial charge in [-0.3, -0.25) is 0 Å². The summed E-state index contributed by atoms with van der Waals surface area (Å²) in [6.45, 7) is 3.58. The van der Waals surface area contributed by atoms with Crippen molar-refractivity contribution >= 4 is 17.7 Å². The third-order valence-electron chi connectivity index (χ3n) is 3.00. The van der Waals surface area contributed by atoms with Crippen molar-refractivity contribution in [2.45, 2.75) is 30.8 Å². The second kappa shape index (κ2) is 6.18. The van der Waals surface area contributed by atoms with E-state index in [2.05, 4.69) is 0 Å². The van der Waals surface area contributed by atoms with Crippen LogP contribution < -0.4 is 0 Å². The van der Waals surface area contributed by atoms with Crippen LogP contribution in [0.15, 0.2) is 41.3 Å². The second-order valence-corrected chi connectivity index (χ2v) is 5.72. The summed E-state index contributed by atoms with van der Waals surface area (Å²) < 4.78 is 5.18. The monoisotopic (exact) mass is 290 g/mol. The van der Waals surface area contributed by atoms with E-state index < -0.39 is 5.97 Å². The van der Waals surface area contributed by atoms with Gasteiger partial charge in [-0.15, -0.1) is 11.8 Å². The number of esters is 1. The van der Waals surface area contributed by atoms with Gasteiger partial charge in [0.15, 0.2) is 0 Å². The summed E-state index contributed by atoms with van der Waals surface area (Å²) >= 11 is 1.43. The molecule has 3 nitrogen and oxygen atoms in total. The maximum Gasteiger partial charge on any atom is 0.343 e. The fourth-order valence-electron chi connectivity index (χ4n) is 2.11. The van der Waals surface area contributed by atoms with Gasteiger partial charge in [0.05, 0.1) is 6.10 Å². The summed E-state index contributed by atoms with van der Waals surface area (Å²) in [6.07, 6.45) is 9.71. The number of hydrogen-bond acceptors (Lipinski definition) is 4. The predicted octanol–water partition coefficient (Wildman–Crippen LogP) is 3.89.